The third kappa shape index (κ3) is 5.63. The minimum atomic E-state index is -4.39. The summed E-state index contributed by atoms with van der Waals surface area (Å²) in [5.41, 5.74) is 0.856. The highest BCUT2D eigenvalue weighted by atomic mass is 32.1. The first-order valence-electron chi connectivity index (χ1n) is 4.95. The quantitative estimate of drug-likeness (QED) is 0.801. The highest BCUT2D eigenvalue weighted by molar-refractivity contribution is 7.81. The fraction of sp³-hybridized carbons (Fsp3) is 0.364. The second-order valence-electron chi connectivity index (χ2n) is 3.54. The molecule has 0 fully saturated rings. The predicted molar refractivity (Wildman–Crippen MR) is 62.0 cm³/mol. The number of amides is 1. The first-order chi connectivity index (χ1) is 7.88. The molecule has 0 radical (unpaired) electrons. The van der Waals surface area contributed by atoms with Gasteiger partial charge in [0, 0.05) is 0 Å². The normalized spacial score (nSPS) is 13.2. The Morgan fingerprint density at radius 2 is 1.88 bits per heavy atom. The first-order valence-corrected chi connectivity index (χ1v) is 5.46. The van der Waals surface area contributed by atoms with Crippen LogP contribution in [0.25, 0.3) is 0 Å². The smallest absolute Gasteiger partial charge is 0.346 e. The van der Waals surface area contributed by atoms with Crippen LogP contribution >= 0.6 is 12.6 Å². The van der Waals surface area contributed by atoms with E-state index in [-0.39, 0.29) is 0 Å². The van der Waals surface area contributed by atoms with Gasteiger partial charge >= 0.3 is 6.18 Å². The van der Waals surface area contributed by atoms with Crippen molar-refractivity contribution in [2.24, 2.45) is 0 Å². The molecule has 1 rings (SSSR count). The van der Waals surface area contributed by atoms with E-state index in [0.717, 1.165) is 5.56 Å². The van der Waals surface area contributed by atoms with E-state index in [1.165, 1.54) is 0 Å². The standard InChI is InChI=1S/C11H12F3NOS/c12-11(13,14)7-15-10(16)9(17)6-8-4-2-1-3-5-8/h1-5,9,17H,6-7H2,(H,15,16). The van der Waals surface area contributed by atoms with Crippen molar-refractivity contribution >= 4 is 18.5 Å². The monoisotopic (exact) mass is 263 g/mol. The molecule has 0 aliphatic carbocycles. The van der Waals surface area contributed by atoms with Crippen molar-refractivity contribution in [3.05, 3.63) is 35.9 Å². The predicted octanol–water partition coefficient (Wildman–Crippen LogP) is 2.21. The van der Waals surface area contributed by atoms with E-state index in [1.54, 1.807) is 29.6 Å². The SMILES string of the molecule is O=C(NCC(F)(F)F)C(S)Cc1ccccc1. The Hall–Kier alpha value is -1.17. The van der Waals surface area contributed by atoms with Gasteiger partial charge in [0.2, 0.25) is 5.91 Å². The molecule has 0 bridgehead atoms. The second kappa shape index (κ2) is 5.95. The summed E-state index contributed by atoms with van der Waals surface area (Å²) in [5.74, 6) is -0.713. The number of benzene rings is 1. The molecular weight excluding hydrogens is 251 g/mol. The van der Waals surface area contributed by atoms with Crippen LogP contribution in [0.1, 0.15) is 5.56 Å². The van der Waals surface area contributed by atoms with Crippen LogP contribution in [0.4, 0.5) is 13.2 Å². The minimum Gasteiger partial charge on any atom is -0.346 e. The van der Waals surface area contributed by atoms with Gasteiger partial charge in [-0.15, -0.1) is 0 Å². The molecule has 0 aliphatic rings. The van der Waals surface area contributed by atoms with Crippen LogP contribution in [0.5, 0.6) is 0 Å². The summed E-state index contributed by atoms with van der Waals surface area (Å²) in [6.07, 6.45) is -4.09. The van der Waals surface area contributed by atoms with Gasteiger partial charge < -0.3 is 5.32 Å². The Morgan fingerprint density at radius 3 is 2.41 bits per heavy atom. The maximum atomic E-state index is 11.9. The van der Waals surface area contributed by atoms with Gasteiger partial charge in [0.1, 0.15) is 6.54 Å². The van der Waals surface area contributed by atoms with Gasteiger partial charge in [0.15, 0.2) is 0 Å². The van der Waals surface area contributed by atoms with E-state index in [4.69, 9.17) is 0 Å². The van der Waals surface area contributed by atoms with E-state index in [2.05, 4.69) is 12.6 Å². The zero-order valence-electron chi connectivity index (χ0n) is 8.87. The molecule has 1 amide bonds. The average molecular weight is 263 g/mol. The zero-order chi connectivity index (χ0) is 12.9. The van der Waals surface area contributed by atoms with Crippen molar-refractivity contribution in [3.63, 3.8) is 0 Å². The third-order valence-electron chi connectivity index (χ3n) is 2.04. The number of thiol groups is 1. The largest absolute Gasteiger partial charge is 0.405 e. The molecule has 1 unspecified atom stereocenters. The van der Waals surface area contributed by atoms with Gasteiger partial charge in [0.05, 0.1) is 5.25 Å². The van der Waals surface area contributed by atoms with Gasteiger partial charge in [-0.2, -0.15) is 25.8 Å². The van der Waals surface area contributed by atoms with E-state index in [1.807, 2.05) is 6.07 Å². The molecule has 6 heteroatoms. The summed E-state index contributed by atoms with van der Waals surface area (Å²) in [6.45, 7) is -1.32. The van der Waals surface area contributed by atoms with Crippen molar-refractivity contribution in [1.82, 2.24) is 5.32 Å². The first kappa shape index (κ1) is 13.9. The van der Waals surface area contributed by atoms with Gasteiger partial charge in [0.25, 0.3) is 0 Å². The Labute approximate surface area is 103 Å². The fourth-order valence-electron chi connectivity index (χ4n) is 1.24. The number of hydrogen-bond donors (Lipinski definition) is 2. The Balaban J connectivity index is 2.43. The van der Waals surface area contributed by atoms with Gasteiger partial charge in [-0.05, 0) is 12.0 Å². The van der Waals surface area contributed by atoms with Crippen molar-refractivity contribution in [1.29, 1.82) is 0 Å². The lowest BCUT2D eigenvalue weighted by molar-refractivity contribution is -0.138. The molecule has 17 heavy (non-hydrogen) atoms. The molecule has 1 N–H and O–H groups in total. The highest BCUT2D eigenvalue weighted by Crippen LogP contribution is 2.13. The molecule has 0 saturated heterocycles. The average Bonchev–Trinajstić information content (AvgIpc) is 2.26. The number of halogens is 3. The summed E-state index contributed by atoms with van der Waals surface area (Å²) in [7, 11) is 0. The lowest BCUT2D eigenvalue weighted by Gasteiger charge is -2.13. The Morgan fingerprint density at radius 1 is 1.29 bits per heavy atom. The van der Waals surface area contributed by atoms with E-state index < -0.39 is 23.9 Å². The molecule has 1 aromatic carbocycles. The van der Waals surface area contributed by atoms with Crippen molar-refractivity contribution in [2.45, 2.75) is 17.8 Å². The topological polar surface area (TPSA) is 29.1 Å². The Bertz CT molecular complexity index is 367. The van der Waals surface area contributed by atoms with Crippen LogP contribution < -0.4 is 5.32 Å². The van der Waals surface area contributed by atoms with Gasteiger partial charge in [-0.25, -0.2) is 0 Å². The molecule has 0 aliphatic heterocycles. The zero-order valence-corrected chi connectivity index (χ0v) is 9.76. The van der Waals surface area contributed by atoms with Crippen LogP contribution in [0.3, 0.4) is 0 Å². The molecule has 0 heterocycles. The minimum absolute atomic E-state index is 0.299. The molecule has 0 aromatic heterocycles. The molecule has 0 spiro atoms. The van der Waals surface area contributed by atoms with Crippen molar-refractivity contribution in [2.75, 3.05) is 6.54 Å². The molecule has 1 aromatic rings. The van der Waals surface area contributed by atoms with E-state index in [9.17, 15) is 18.0 Å². The fourth-order valence-corrected chi connectivity index (χ4v) is 1.54. The second-order valence-corrected chi connectivity index (χ2v) is 4.16. The van der Waals surface area contributed by atoms with Crippen LogP contribution in [0, 0.1) is 0 Å². The molecule has 2 nitrogen and oxygen atoms in total. The van der Waals surface area contributed by atoms with Gasteiger partial charge in [-0.1, -0.05) is 30.3 Å². The number of carbonyl (C=O) groups excluding carboxylic acids is 1. The number of carbonyl (C=O) groups is 1. The number of alkyl halides is 3. The summed E-state index contributed by atoms with van der Waals surface area (Å²) < 4.78 is 35.6. The number of nitrogens with one attached hydrogen (secondary N) is 1. The summed E-state index contributed by atoms with van der Waals surface area (Å²) in [6, 6.07) is 8.99. The van der Waals surface area contributed by atoms with E-state index in [0.29, 0.717) is 6.42 Å². The molecule has 94 valence electrons. The molecule has 0 saturated carbocycles. The van der Waals surface area contributed by atoms with Crippen LogP contribution in [0.2, 0.25) is 0 Å². The number of rotatable bonds is 4. The summed E-state index contributed by atoms with van der Waals surface area (Å²) in [5, 5.41) is 1.02. The maximum Gasteiger partial charge on any atom is 0.405 e. The van der Waals surface area contributed by atoms with Crippen LogP contribution in [-0.2, 0) is 11.2 Å². The lowest BCUT2D eigenvalue weighted by atomic mass is 10.1. The molecular formula is C11H12F3NOS. The highest BCUT2D eigenvalue weighted by Gasteiger charge is 2.28. The lowest BCUT2D eigenvalue weighted by Crippen LogP contribution is -2.38. The maximum absolute atomic E-state index is 11.9. The van der Waals surface area contributed by atoms with Gasteiger partial charge in [-0.3, -0.25) is 4.79 Å². The van der Waals surface area contributed by atoms with Crippen molar-refractivity contribution in [3.8, 4) is 0 Å². The van der Waals surface area contributed by atoms with Crippen molar-refractivity contribution < 1.29 is 18.0 Å². The third-order valence-corrected chi connectivity index (χ3v) is 2.45. The molecule has 1 atom stereocenters. The summed E-state index contributed by atoms with van der Waals surface area (Å²) >= 11 is 3.99. The number of hydrogen-bond acceptors (Lipinski definition) is 2. The Kier molecular flexibility index (Phi) is 4.86. The summed E-state index contributed by atoms with van der Waals surface area (Å²) in [4.78, 5) is 11.3. The van der Waals surface area contributed by atoms with Crippen LogP contribution in [-0.4, -0.2) is 23.9 Å². The van der Waals surface area contributed by atoms with E-state index >= 15 is 0 Å². The van der Waals surface area contributed by atoms with Crippen LogP contribution in [0.15, 0.2) is 30.3 Å².